The van der Waals surface area contributed by atoms with Crippen LogP contribution in [-0.2, 0) is 6.54 Å². The minimum absolute atomic E-state index is 0.255. The molecule has 0 aliphatic carbocycles. The van der Waals surface area contributed by atoms with Crippen molar-refractivity contribution in [3.63, 3.8) is 0 Å². The number of hydrogen-bond acceptors (Lipinski definition) is 4. The lowest BCUT2D eigenvalue weighted by Gasteiger charge is -2.10. The van der Waals surface area contributed by atoms with Gasteiger partial charge < -0.3 is 10.6 Å². The van der Waals surface area contributed by atoms with Gasteiger partial charge in [-0.05, 0) is 35.9 Å². The Balaban J connectivity index is 1.77. The Kier molecular flexibility index (Phi) is 4.77. The summed E-state index contributed by atoms with van der Waals surface area (Å²) in [6, 6.07) is 12.8. The van der Waals surface area contributed by atoms with Crippen LogP contribution in [0.5, 0.6) is 0 Å². The molecule has 122 valence electrons. The predicted octanol–water partition coefficient (Wildman–Crippen LogP) is 3.27. The van der Waals surface area contributed by atoms with Crippen LogP contribution < -0.4 is 10.6 Å². The van der Waals surface area contributed by atoms with Gasteiger partial charge in [-0.15, -0.1) is 0 Å². The van der Waals surface area contributed by atoms with Crippen molar-refractivity contribution in [3.8, 4) is 0 Å². The maximum atomic E-state index is 12.5. The van der Waals surface area contributed by atoms with Gasteiger partial charge in [0.05, 0.1) is 17.1 Å². The van der Waals surface area contributed by atoms with Crippen molar-refractivity contribution in [1.29, 1.82) is 0 Å². The second-order valence-corrected chi connectivity index (χ2v) is 5.60. The number of nitrogens with one attached hydrogen (secondary N) is 2. The van der Waals surface area contributed by atoms with Crippen LogP contribution in [-0.4, -0.2) is 27.7 Å². The number of hydrogen-bond donors (Lipinski definition) is 2. The van der Waals surface area contributed by atoms with Crippen molar-refractivity contribution in [2.75, 3.05) is 17.7 Å². The standard InChI is InChI=1S/C17H16ClN5O/c1-19-13-5-6-16(18)15(8-13)17(24)22-14-4-2-3-12(7-14)9-23-11-20-10-21-23/h2-8,10-11,19H,9H2,1H3,(H,22,24). The van der Waals surface area contributed by atoms with E-state index >= 15 is 0 Å². The zero-order chi connectivity index (χ0) is 16.9. The van der Waals surface area contributed by atoms with Crippen molar-refractivity contribution >= 4 is 28.9 Å². The molecule has 0 spiro atoms. The molecule has 0 aliphatic heterocycles. The third-order valence-corrected chi connectivity index (χ3v) is 3.83. The van der Waals surface area contributed by atoms with Crippen LogP contribution in [0, 0.1) is 0 Å². The third-order valence-electron chi connectivity index (χ3n) is 3.50. The molecular formula is C17H16ClN5O. The largest absolute Gasteiger partial charge is 0.388 e. The fourth-order valence-corrected chi connectivity index (χ4v) is 2.51. The van der Waals surface area contributed by atoms with E-state index in [0.717, 1.165) is 11.3 Å². The smallest absolute Gasteiger partial charge is 0.257 e. The fraction of sp³-hybridized carbons (Fsp3) is 0.118. The molecule has 0 saturated heterocycles. The van der Waals surface area contributed by atoms with Crippen LogP contribution in [0.3, 0.4) is 0 Å². The Morgan fingerprint density at radius 1 is 1.21 bits per heavy atom. The summed E-state index contributed by atoms with van der Waals surface area (Å²) >= 11 is 6.13. The molecule has 0 fully saturated rings. The lowest BCUT2D eigenvalue weighted by molar-refractivity contribution is 0.102. The summed E-state index contributed by atoms with van der Waals surface area (Å²) in [4.78, 5) is 16.4. The Morgan fingerprint density at radius 2 is 2.08 bits per heavy atom. The molecule has 6 nitrogen and oxygen atoms in total. The lowest BCUT2D eigenvalue weighted by atomic mass is 10.1. The Morgan fingerprint density at radius 3 is 2.83 bits per heavy atom. The van der Waals surface area contributed by atoms with E-state index < -0.39 is 0 Å². The lowest BCUT2D eigenvalue weighted by Crippen LogP contribution is -2.13. The van der Waals surface area contributed by atoms with Crippen LogP contribution >= 0.6 is 11.6 Å². The molecule has 3 aromatic rings. The van der Waals surface area contributed by atoms with Gasteiger partial charge in [0.15, 0.2) is 0 Å². The first-order valence-electron chi connectivity index (χ1n) is 7.36. The van der Waals surface area contributed by atoms with Gasteiger partial charge in [-0.3, -0.25) is 4.79 Å². The van der Waals surface area contributed by atoms with Crippen molar-refractivity contribution in [1.82, 2.24) is 14.8 Å². The summed E-state index contributed by atoms with van der Waals surface area (Å²) in [6.07, 6.45) is 3.14. The second-order valence-electron chi connectivity index (χ2n) is 5.19. The molecule has 1 aromatic heterocycles. The number of benzene rings is 2. The van der Waals surface area contributed by atoms with Crippen LogP contribution in [0.25, 0.3) is 0 Å². The summed E-state index contributed by atoms with van der Waals surface area (Å²) in [5.74, 6) is -0.255. The number of nitrogens with zero attached hydrogens (tertiary/aromatic N) is 3. The Bertz CT molecular complexity index is 848. The van der Waals surface area contributed by atoms with E-state index in [1.165, 1.54) is 6.33 Å². The van der Waals surface area contributed by atoms with Gasteiger partial charge in [-0.1, -0.05) is 23.7 Å². The van der Waals surface area contributed by atoms with Gasteiger partial charge in [-0.2, -0.15) is 5.10 Å². The van der Waals surface area contributed by atoms with Gasteiger partial charge in [0.1, 0.15) is 12.7 Å². The maximum Gasteiger partial charge on any atom is 0.257 e. The molecule has 2 aromatic carbocycles. The van der Waals surface area contributed by atoms with Crippen LogP contribution in [0.2, 0.25) is 5.02 Å². The van der Waals surface area contributed by atoms with E-state index in [0.29, 0.717) is 22.8 Å². The van der Waals surface area contributed by atoms with E-state index in [9.17, 15) is 4.79 Å². The zero-order valence-electron chi connectivity index (χ0n) is 13.0. The fourth-order valence-electron chi connectivity index (χ4n) is 2.30. The zero-order valence-corrected chi connectivity index (χ0v) is 13.8. The third kappa shape index (κ3) is 3.72. The second kappa shape index (κ2) is 7.14. The SMILES string of the molecule is CNc1ccc(Cl)c(C(=O)Nc2cccc(Cn3cncn3)c2)c1. The van der Waals surface area contributed by atoms with E-state index in [-0.39, 0.29) is 5.91 Å². The first kappa shape index (κ1) is 16.0. The average Bonchev–Trinajstić information content (AvgIpc) is 3.08. The van der Waals surface area contributed by atoms with Crippen molar-refractivity contribution in [2.24, 2.45) is 0 Å². The highest BCUT2D eigenvalue weighted by molar-refractivity contribution is 6.34. The van der Waals surface area contributed by atoms with Crippen molar-refractivity contribution in [2.45, 2.75) is 6.54 Å². The summed E-state index contributed by atoms with van der Waals surface area (Å²) in [7, 11) is 1.79. The van der Waals surface area contributed by atoms with Gasteiger partial charge in [-0.25, -0.2) is 9.67 Å². The Hall–Kier alpha value is -2.86. The summed E-state index contributed by atoms with van der Waals surface area (Å²) in [5.41, 5.74) is 2.95. The van der Waals surface area contributed by atoms with Gasteiger partial charge in [0.25, 0.3) is 5.91 Å². The highest BCUT2D eigenvalue weighted by Gasteiger charge is 2.11. The van der Waals surface area contributed by atoms with E-state index in [1.807, 2.05) is 30.3 Å². The average molecular weight is 342 g/mol. The highest BCUT2D eigenvalue weighted by atomic mass is 35.5. The van der Waals surface area contributed by atoms with E-state index in [1.54, 1.807) is 30.2 Å². The van der Waals surface area contributed by atoms with Crippen LogP contribution in [0.15, 0.2) is 55.1 Å². The van der Waals surface area contributed by atoms with Crippen LogP contribution in [0.1, 0.15) is 15.9 Å². The molecule has 0 radical (unpaired) electrons. The van der Waals surface area contributed by atoms with Gasteiger partial charge in [0.2, 0.25) is 0 Å². The topological polar surface area (TPSA) is 71.8 Å². The van der Waals surface area contributed by atoms with Gasteiger partial charge in [0, 0.05) is 18.4 Å². The van der Waals surface area contributed by atoms with E-state index in [4.69, 9.17) is 11.6 Å². The monoisotopic (exact) mass is 341 g/mol. The molecule has 3 rings (SSSR count). The molecule has 24 heavy (non-hydrogen) atoms. The molecule has 7 heteroatoms. The van der Waals surface area contributed by atoms with E-state index in [2.05, 4.69) is 20.7 Å². The number of anilines is 2. The number of rotatable bonds is 5. The minimum Gasteiger partial charge on any atom is -0.388 e. The molecule has 1 heterocycles. The number of halogens is 1. The number of amides is 1. The maximum absolute atomic E-state index is 12.5. The van der Waals surface area contributed by atoms with Gasteiger partial charge >= 0.3 is 0 Å². The quantitative estimate of drug-likeness (QED) is 0.747. The molecule has 1 amide bonds. The summed E-state index contributed by atoms with van der Waals surface area (Å²) in [6.45, 7) is 0.583. The molecule has 0 unspecified atom stereocenters. The number of carbonyl (C=O) groups is 1. The summed E-state index contributed by atoms with van der Waals surface area (Å²) < 4.78 is 1.72. The highest BCUT2D eigenvalue weighted by Crippen LogP contribution is 2.22. The molecule has 0 aliphatic rings. The predicted molar refractivity (Wildman–Crippen MR) is 94.5 cm³/mol. The van der Waals surface area contributed by atoms with Crippen molar-refractivity contribution < 1.29 is 4.79 Å². The van der Waals surface area contributed by atoms with Crippen molar-refractivity contribution in [3.05, 3.63) is 71.3 Å². The minimum atomic E-state index is -0.255. The normalized spacial score (nSPS) is 10.4. The molecule has 0 saturated carbocycles. The number of aromatic nitrogens is 3. The Labute approximate surface area is 144 Å². The number of carbonyl (C=O) groups excluding carboxylic acids is 1. The summed E-state index contributed by atoms with van der Waals surface area (Å²) in [5, 5.41) is 10.3. The molecule has 0 atom stereocenters. The molecule has 0 bridgehead atoms. The van der Waals surface area contributed by atoms with Crippen LogP contribution in [0.4, 0.5) is 11.4 Å². The molecule has 2 N–H and O–H groups in total. The molecular weight excluding hydrogens is 326 g/mol. The first-order chi connectivity index (χ1) is 11.7. The first-order valence-corrected chi connectivity index (χ1v) is 7.73.